The van der Waals surface area contributed by atoms with Crippen LogP contribution in [-0.4, -0.2) is 39.8 Å². The predicted octanol–water partition coefficient (Wildman–Crippen LogP) is 2.71. The average Bonchev–Trinajstić information content (AvgIpc) is 3.22. The molecule has 1 aliphatic heterocycles. The molecule has 1 fully saturated rings. The van der Waals surface area contributed by atoms with Crippen LogP contribution in [0.2, 0.25) is 0 Å². The van der Waals surface area contributed by atoms with Crippen molar-refractivity contribution >= 4 is 32.6 Å². The Hall–Kier alpha value is -2.55. The van der Waals surface area contributed by atoms with Gasteiger partial charge in [-0.3, -0.25) is 9.48 Å². The van der Waals surface area contributed by atoms with Crippen LogP contribution in [0.25, 0.3) is 10.2 Å². The van der Waals surface area contributed by atoms with Gasteiger partial charge in [0.05, 0.1) is 16.5 Å². The van der Waals surface area contributed by atoms with Crippen LogP contribution >= 0.6 is 11.3 Å². The molecule has 0 unspecified atom stereocenters. The number of hydrogen-bond acceptors (Lipinski definition) is 5. The number of benzene rings is 1. The summed E-state index contributed by atoms with van der Waals surface area (Å²) < 4.78 is 29.3. The number of nitrogens with zero attached hydrogens (tertiary/aromatic N) is 4. The first kappa shape index (κ1) is 16.9. The van der Waals surface area contributed by atoms with Gasteiger partial charge in [-0.25, -0.2) is 13.8 Å². The highest BCUT2D eigenvalue weighted by molar-refractivity contribution is 7.22. The molecule has 1 saturated heterocycles. The molecule has 26 heavy (non-hydrogen) atoms. The van der Waals surface area contributed by atoms with E-state index in [1.807, 2.05) is 0 Å². The highest BCUT2D eigenvalue weighted by atomic mass is 32.1. The van der Waals surface area contributed by atoms with Crippen molar-refractivity contribution in [3.63, 3.8) is 0 Å². The standard InChI is InChI=1S/C17H17F2N5OS/c1-23-9-10(8-20-23)16(25)21-12-2-4-24(5-3-12)17-22-15-13(19)6-11(18)7-14(15)26-17/h6-9,12H,2-5H2,1H3,(H,21,25). The Balaban J connectivity index is 1.40. The van der Waals surface area contributed by atoms with Gasteiger partial charge in [0, 0.05) is 38.4 Å². The lowest BCUT2D eigenvalue weighted by Crippen LogP contribution is -2.44. The molecular weight excluding hydrogens is 360 g/mol. The van der Waals surface area contributed by atoms with E-state index in [9.17, 15) is 13.6 Å². The van der Waals surface area contributed by atoms with Crippen molar-refractivity contribution < 1.29 is 13.6 Å². The van der Waals surface area contributed by atoms with Gasteiger partial charge in [0.25, 0.3) is 5.91 Å². The van der Waals surface area contributed by atoms with E-state index in [2.05, 4.69) is 20.3 Å². The number of anilines is 1. The molecule has 136 valence electrons. The van der Waals surface area contributed by atoms with Crippen LogP contribution in [0.15, 0.2) is 24.5 Å². The van der Waals surface area contributed by atoms with Gasteiger partial charge in [-0.15, -0.1) is 0 Å². The summed E-state index contributed by atoms with van der Waals surface area (Å²) in [5.41, 5.74) is 0.747. The molecule has 6 nitrogen and oxygen atoms in total. The zero-order valence-corrected chi connectivity index (χ0v) is 14.9. The number of hydrogen-bond donors (Lipinski definition) is 1. The number of piperidine rings is 1. The van der Waals surface area contributed by atoms with E-state index in [-0.39, 0.29) is 17.5 Å². The summed E-state index contributed by atoms with van der Waals surface area (Å²) in [7, 11) is 1.77. The minimum atomic E-state index is -0.638. The second kappa shape index (κ2) is 6.64. The summed E-state index contributed by atoms with van der Waals surface area (Å²) in [5.74, 6) is -1.36. The number of thiazole rings is 1. The van der Waals surface area contributed by atoms with E-state index in [1.165, 1.54) is 17.4 Å². The average molecular weight is 377 g/mol. The van der Waals surface area contributed by atoms with Gasteiger partial charge in [-0.2, -0.15) is 5.10 Å². The summed E-state index contributed by atoms with van der Waals surface area (Å²) in [6, 6.07) is 2.23. The maximum absolute atomic E-state index is 13.8. The Bertz CT molecular complexity index is 961. The highest BCUT2D eigenvalue weighted by Gasteiger charge is 2.24. The lowest BCUT2D eigenvalue weighted by molar-refractivity contribution is 0.0931. The minimum absolute atomic E-state index is 0.0718. The summed E-state index contributed by atoms with van der Waals surface area (Å²) in [6.07, 6.45) is 4.75. The second-order valence-corrected chi connectivity index (χ2v) is 7.38. The molecule has 0 atom stereocenters. The normalized spacial score (nSPS) is 15.6. The number of rotatable bonds is 3. The van der Waals surface area contributed by atoms with Crippen molar-refractivity contribution in [1.29, 1.82) is 0 Å². The third-order valence-electron chi connectivity index (χ3n) is 4.47. The van der Waals surface area contributed by atoms with E-state index in [0.717, 1.165) is 18.9 Å². The van der Waals surface area contributed by atoms with E-state index in [0.29, 0.717) is 28.5 Å². The topological polar surface area (TPSA) is 63.1 Å². The number of aryl methyl sites for hydroxylation is 1. The zero-order valence-electron chi connectivity index (χ0n) is 14.1. The van der Waals surface area contributed by atoms with E-state index in [1.54, 1.807) is 24.1 Å². The molecular formula is C17H17F2N5OS. The molecule has 0 radical (unpaired) electrons. The fourth-order valence-electron chi connectivity index (χ4n) is 3.10. The lowest BCUT2D eigenvalue weighted by atomic mass is 10.1. The molecule has 0 bridgehead atoms. The number of carbonyl (C=O) groups excluding carboxylic acids is 1. The molecule has 3 aromatic rings. The van der Waals surface area contributed by atoms with Crippen molar-refractivity contribution in [1.82, 2.24) is 20.1 Å². The maximum atomic E-state index is 13.8. The minimum Gasteiger partial charge on any atom is -0.349 e. The zero-order chi connectivity index (χ0) is 18.3. The Morgan fingerprint density at radius 1 is 1.31 bits per heavy atom. The fraction of sp³-hybridized carbons (Fsp3) is 0.353. The van der Waals surface area contributed by atoms with E-state index >= 15 is 0 Å². The van der Waals surface area contributed by atoms with Crippen LogP contribution in [0.5, 0.6) is 0 Å². The first-order valence-corrected chi connectivity index (χ1v) is 9.11. The van der Waals surface area contributed by atoms with Gasteiger partial charge in [0.1, 0.15) is 11.3 Å². The molecule has 9 heteroatoms. The first-order chi connectivity index (χ1) is 12.5. The molecule has 1 amide bonds. The smallest absolute Gasteiger partial charge is 0.254 e. The van der Waals surface area contributed by atoms with Crippen LogP contribution in [-0.2, 0) is 7.05 Å². The summed E-state index contributed by atoms with van der Waals surface area (Å²) in [5, 5.41) is 7.70. The molecule has 1 aliphatic rings. The van der Waals surface area contributed by atoms with Crippen molar-refractivity contribution in [3.05, 3.63) is 41.7 Å². The van der Waals surface area contributed by atoms with Gasteiger partial charge in [0.15, 0.2) is 10.9 Å². The summed E-state index contributed by atoms with van der Waals surface area (Å²) >= 11 is 1.28. The third-order valence-corrected chi connectivity index (χ3v) is 5.53. The molecule has 1 aromatic carbocycles. The van der Waals surface area contributed by atoms with Gasteiger partial charge in [0.2, 0.25) is 0 Å². The Morgan fingerprint density at radius 3 is 2.77 bits per heavy atom. The highest BCUT2D eigenvalue weighted by Crippen LogP contribution is 2.32. The number of halogens is 2. The lowest BCUT2D eigenvalue weighted by Gasteiger charge is -2.32. The number of carbonyl (C=O) groups is 1. The molecule has 3 heterocycles. The number of amides is 1. The number of fused-ring (bicyclic) bond motifs is 1. The summed E-state index contributed by atoms with van der Waals surface area (Å²) in [6.45, 7) is 1.39. The predicted molar refractivity (Wildman–Crippen MR) is 95.4 cm³/mol. The van der Waals surface area contributed by atoms with E-state index in [4.69, 9.17) is 0 Å². The van der Waals surface area contributed by atoms with Crippen molar-refractivity contribution in [2.75, 3.05) is 18.0 Å². The third kappa shape index (κ3) is 3.26. The van der Waals surface area contributed by atoms with Crippen molar-refractivity contribution in [2.45, 2.75) is 18.9 Å². The van der Waals surface area contributed by atoms with Crippen LogP contribution in [0.4, 0.5) is 13.9 Å². The summed E-state index contributed by atoms with van der Waals surface area (Å²) in [4.78, 5) is 18.6. The first-order valence-electron chi connectivity index (χ1n) is 8.29. The number of aromatic nitrogens is 3. The number of nitrogens with one attached hydrogen (secondary N) is 1. The molecule has 0 spiro atoms. The SMILES string of the molecule is Cn1cc(C(=O)NC2CCN(c3nc4c(F)cc(F)cc4s3)CC2)cn1. The van der Waals surface area contributed by atoms with Crippen LogP contribution in [0, 0.1) is 11.6 Å². The Kier molecular flexibility index (Phi) is 4.31. The van der Waals surface area contributed by atoms with Gasteiger partial charge >= 0.3 is 0 Å². The van der Waals surface area contributed by atoms with Crippen molar-refractivity contribution in [2.24, 2.45) is 7.05 Å². The Labute approximate surface area is 152 Å². The Morgan fingerprint density at radius 2 is 2.08 bits per heavy atom. The molecule has 1 N–H and O–H groups in total. The van der Waals surface area contributed by atoms with Gasteiger partial charge in [-0.05, 0) is 18.9 Å². The molecule has 0 aliphatic carbocycles. The van der Waals surface area contributed by atoms with Gasteiger partial charge < -0.3 is 10.2 Å². The fourth-order valence-corrected chi connectivity index (χ4v) is 4.16. The maximum Gasteiger partial charge on any atom is 0.254 e. The quantitative estimate of drug-likeness (QED) is 0.762. The molecule has 0 saturated carbocycles. The van der Waals surface area contributed by atoms with E-state index < -0.39 is 11.6 Å². The molecule has 4 rings (SSSR count). The largest absolute Gasteiger partial charge is 0.349 e. The monoisotopic (exact) mass is 377 g/mol. The van der Waals surface area contributed by atoms with Crippen LogP contribution in [0.3, 0.4) is 0 Å². The van der Waals surface area contributed by atoms with Crippen LogP contribution < -0.4 is 10.2 Å². The second-order valence-electron chi connectivity index (χ2n) is 6.37. The molecule has 2 aromatic heterocycles. The van der Waals surface area contributed by atoms with Gasteiger partial charge in [-0.1, -0.05) is 11.3 Å². The van der Waals surface area contributed by atoms with Crippen molar-refractivity contribution in [3.8, 4) is 0 Å². The van der Waals surface area contributed by atoms with Crippen LogP contribution in [0.1, 0.15) is 23.2 Å².